The number of nitrogens with one attached hydrogen (secondary N) is 1. The van der Waals surface area contributed by atoms with Crippen molar-refractivity contribution in [2.24, 2.45) is 0 Å². The molecule has 3 nitrogen and oxygen atoms in total. The number of aliphatic hydroxyl groups is 1. The number of phenols is 1. The lowest BCUT2D eigenvalue weighted by Crippen LogP contribution is -2.21. The van der Waals surface area contributed by atoms with Gasteiger partial charge in [0.1, 0.15) is 11.6 Å². The van der Waals surface area contributed by atoms with E-state index in [1.54, 1.807) is 24.3 Å². The highest BCUT2D eigenvalue weighted by Crippen LogP contribution is 2.19. The molecule has 106 valence electrons. The lowest BCUT2D eigenvalue weighted by molar-refractivity contribution is 0.169. The zero-order chi connectivity index (χ0) is 14.5. The molecule has 0 spiro atoms. The number of phenolic OH excluding ortho intramolecular Hbond substituents is 1. The van der Waals surface area contributed by atoms with Gasteiger partial charge in [-0.3, -0.25) is 0 Å². The summed E-state index contributed by atoms with van der Waals surface area (Å²) in [6.45, 7) is 2.57. The minimum atomic E-state index is -0.914. The number of benzene rings is 2. The molecule has 0 saturated heterocycles. The lowest BCUT2D eigenvalue weighted by Gasteiger charge is -2.13. The van der Waals surface area contributed by atoms with E-state index in [1.807, 2.05) is 19.1 Å². The third kappa shape index (κ3) is 3.56. The Bertz CT molecular complexity index is 586. The third-order valence-electron chi connectivity index (χ3n) is 3.15. The van der Waals surface area contributed by atoms with Gasteiger partial charge in [0.15, 0.2) is 0 Å². The molecule has 1 unspecified atom stereocenters. The molecule has 0 fully saturated rings. The normalized spacial score (nSPS) is 12.3. The van der Waals surface area contributed by atoms with Crippen LogP contribution in [0, 0.1) is 12.7 Å². The fourth-order valence-electron chi connectivity index (χ4n) is 2.05. The minimum Gasteiger partial charge on any atom is -0.508 e. The van der Waals surface area contributed by atoms with Crippen LogP contribution in [0.4, 0.5) is 4.39 Å². The largest absolute Gasteiger partial charge is 0.508 e. The predicted molar refractivity (Wildman–Crippen MR) is 75.9 cm³/mol. The highest BCUT2D eigenvalue weighted by molar-refractivity contribution is 5.35. The van der Waals surface area contributed by atoms with Crippen molar-refractivity contribution in [1.29, 1.82) is 0 Å². The summed E-state index contributed by atoms with van der Waals surface area (Å²) in [4.78, 5) is 0. The summed E-state index contributed by atoms with van der Waals surface area (Å²) in [6, 6.07) is 11.5. The van der Waals surface area contributed by atoms with Gasteiger partial charge in [-0.25, -0.2) is 4.39 Å². The molecule has 0 heterocycles. The van der Waals surface area contributed by atoms with E-state index >= 15 is 0 Å². The number of rotatable bonds is 5. The standard InChI is InChI=1S/C16H18FNO2/c1-11-6-7-15(19)12(8-11)9-18-10-16(20)13-4-2-3-5-14(13)17/h2-8,16,18-20H,9-10H2,1H3. The molecule has 0 radical (unpaired) electrons. The molecule has 2 rings (SSSR count). The second-order valence-corrected chi connectivity index (χ2v) is 4.80. The number of aromatic hydroxyl groups is 1. The monoisotopic (exact) mass is 275 g/mol. The van der Waals surface area contributed by atoms with Gasteiger partial charge in [-0.15, -0.1) is 0 Å². The average molecular weight is 275 g/mol. The molecule has 2 aromatic rings. The number of aliphatic hydroxyl groups excluding tert-OH is 1. The molecule has 0 saturated carbocycles. The first kappa shape index (κ1) is 14.5. The zero-order valence-corrected chi connectivity index (χ0v) is 11.3. The Morgan fingerprint density at radius 1 is 1.20 bits per heavy atom. The fraction of sp³-hybridized carbons (Fsp3) is 0.250. The van der Waals surface area contributed by atoms with E-state index in [1.165, 1.54) is 6.07 Å². The molecule has 4 heteroatoms. The van der Waals surface area contributed by atoms with Crippen molar-refractivity contribution in [3.63, 3.8) is 0 Å². The van der Waals surface area contributed by atoms with Gasteiger partial charge < -0.3 is 15.5 Å². The van der Waals surface area contributed by atoms with Crippen LogP contribution >= 0.6 is 0 Å². The van der Waals surface area contributed by atoms with E-state index in [-0.39, 0.29) is 17.9 Å². The van der Waals surface area contributed by atoms with Gasteiger partial charge in [0, 0.05) is 24.2 Å². The van der Waals surface area contributed by atoms with Crippen molar-refractivity contribution in [1.82, 2.24) is 5.32 Å². The van der Waals surface area contributed by atoms with Gasteiger partial charge in [0.2, 0.25) is 0 Å². The van der Waals surface area contributed by atoms with Crippen molar-refractivity contribution in [2.75, 3.05) is 6.54 Å². The van der Waals surface area contributed by atoms with Crippen LogP contribution < -0.4 is 5.32 Å². The Morgan fingerprint density at radius 2 is 1.95 bits per heavy atom. The van der Waals surface area contributed by atoms with Gasteiger partial charge >= 0.3 is 0 Å². The van der Waals surface area contributed by atoms with E-state index in [0.29, 0.717) is 6.54 Å². The van der Waals surface area contributed by atoms with Gasteiger partial charge in [0.25, 0.3) is 0 Å². The van der Waals surface area contributed by atoms with Crippen LogP contribution in [-0.2, 0) is 6.54 Å². The quantitative estimate of drug-likeness (QED) is 0.786. The lowest BCUT2D eigenvalue weighted by atomic mass is 10.1. The van der Waals surface area contributed by atoms with Crippen molar-refractivity contribution < 1.29 is 14.6 Å². The maximum absolute atomic E-state index is 13.5. The Labute approximate surface area is 117 Å². The van der Waals surface area contributed by atoms with Gasteiger partial charge in [-0.2, -0.15) is 0 Å². The Balaban J connectivity index is 1.93. The third-order valence-corrected chi connectivity index (χ3v) is 3.15. The average Bonchev–Trinajstić information content (AvgIpc) is 2.43. The van der Waals surface area contributed by atoms with Crippen LogP contribution in [0.3, 0.4) is 0 Å². The first-order valence-corrected chi connectivity index (χ1v) is 6.49. The molecule has 0 bridgehead atoms. The summed E-state index contributed by atoms with van der Waals surface area (Å²) in [7, 11) is 0. The molecule has 3 N–H and O–H groups in total. The number of hydrogen-bond donors (Lipinski definition) is 3. The van der Waals surface area contributed by atoms with Crippen LogP contribution in [0.1, 0.15) is 22.8 Å². The molecule has 0 aliphatic heterocycles. The highest BCUT2D eigenvalue weighted by Gasteiger charge is 2.11. The first-order valence-electron chi connectivity index (χ1n) is 6.49. The molecule has 0 aromatic heterocycles. The number of halogens is 1. The fourth-order valence-corrected chi connectivity index (χ4v) is 2.05. The van der Waals surface area contributed by atoms with E-state index in [0.717, 1.165) is 11.1 Å². The van der Waals surface area contributed by atoms with E-state index in [4.69, 9.17) is 0 Å². The predicted octanol–water partition coefficient (Wildman–Crippen LogP) is 2.66. The Kier molecular flexibility index (Phi) is 4.71. The van der Waals surface area contributed by atoms with Crippen molar-refractivity contribution >= 4 is 0 Å². The maximum atomic E-state index is 13.5. The van der Waals surface area contributed by atoms with Gasteiger partial charge in [0.05, 0.1) is 6.10 Å². The molecule has 0 amide bonds. The SMILES string of the molecule is Cc1ccc(O)c(CNCC(O)c2ccccc2F)c1. The smallest absolute Gasteiger partial charge is 0.129 e. The molecule has 0 aliphatic carbocycles. The molecule has 20 heavy (non-hydrogen) atoms. The summed E-state index contributed by atoms with van der Waals surface area (Å²) in [5.74, 6) is -0.205. The van der Waals surface area contributed by atoms with E-state index < -0.39 is 11.9 Å². The Hall–Kier alpha value is -1.91. The molecular formula is C16H18FNO2. The molecule has 1 atom stereocenters. The van der Waals surface area contributed by atoms with Crippen molar-refractivity contribution in [2.45, 2.75) is 19.6 Å². The van der Waals surface area contributed by atoms with Crippen molar-refractivity contribution in [3.8, 4) is 5.75 Å². The summed E-state index contributed by atoms with van der Waals surface area (Å²) < 4.78 is 13.5. The van der Waals surface area contributed by atoms with E-state index in [2.05, 4.69) is 5.32 Å². The maximum Gasteiger partial charge on any atom is 0.129 e. The van der Waals surface area contributed by atoms with Crippen LogP contribution in [0.2, 0.25) is 0 Å². The minimum absolute atomic E-state index is 0.212. The summed E-state index contributed by atoms with van der Waals surface area (Å²) >= 11 is 0. The van der Waals surface area contributed by atoms with Crippen LogP contribution in [0.15, 0.2) is 42.5 Å². The summed E-state index contributed by atoms with van der Waals surface area (Å²) in [6.07, 6.45) is -0.914. The topological polar surface area (TPSA) is 52.5 Å². The second-order valence-electron chi connectivity index (χ2n) is 4.80. The van der Waals surface area contributed by atoms with Crippen LogP contribution in [-0.4, -0.2) is 16.8 Å². The Morgan fingerprint density at radius 3 is 2.70 bits per heavy atom. The van der Waals surface area contributed by atoms with Gasteiger partial charge in [-0.1, -0.05) is 35.9 Å². The summed E-state index contributed by atoms with van der Waals surface area (Å²) in [5, 5.41) is 22.7. The van der Waals surface area contributed by atoms with E-state index in [9.17, 15) is 14.6 Å². The van der Waals surface area contributed by atoms with Gasteiger partial charge in [-0.05, 0) is 19.1 Å². The molecule has 2 aromatic carbocycles. The number of hydrogen-bond acceptors (Lipinski definition) is 3. The second kappa shape index (κ2) is 6.50. The molecular weight excluding hydrogens is 257 g/mol. The first-order chi connectivity index (χ1) is 9.58. The number of aryl methyl sites for hydroxylation is 1. The summed E-state index contributed by atoms with van der Waals surface area (Å²) in [5.41, 5.74) is 2.08. The van der Waals surface area contributed by atoms with Crippen molar-refractivity contribution in [3.05, 3.63) is 65.0 Å². The highest BCUT2D eigenvalue weighted by atomic mass is 19.1. The van der Waals surface area contributed by atoms with Crippen LogP contribution in [0.25, 0.3) is 0 Å². The van der Waals surface area contributed by atoms with Crippen LogP contribution in [0.5, 0.6) is 5.75 Å². The molecule has 0 aliphatic rings. The zero-order valence-electron chi connectivity index (χ0n) is 11.3.